The monoisotopic (exact) mass is 382 g/mol. The van der Waals surface area contributed by atoms with Crippen molar-refractivity contribution in [3.8, 4) is 5.75 Å². The fourth-order valence-electron chi connectivity index (χ4n) is 2.29. The number of anilines is 1. The van der Waals surface area contributed by atoms with Gasteiger partial charge in [0.15, 0.2) is 0 Å². The number of nitrogens with zero attached hydrogens (tertiary/aromatic N) is 1. The summed E-state index contributed by atoms with van der Waals surface area (Å²) in [5.41, 5.74) is 0.0489. The molecule has 2 aromatic rings. The van der Waals surface area contributed by atoms with Crippen molar-refractivity contribution in [3.05, 3.63) is 60.2 Å². The Hall–Kier alpha value is -2.74. The molecule has 0 fully saturated rings. The molecule has 0 aliphatic rings. The molecule has 0 heterocycles. The quantitative estimate of drug-likeness (QED) is 0.737. The third-order valence-electron chi connectivity index (χ3n) is 3.72. The summed E-state index contributed by atoms with van der Waals surface area (Å²) in [4.78, 5) is 13.7. The molecule has 0 aliphatic carbocycles. The van der Waals surface area contributed by atoms with Crippen LogP contribution in [0.25, 0.3) is 0 Å². The predicted octanol–water partition coefficient (Wildman–Crippen LogP) is 2.70. The third-order valence-corrected chi connectivity index (χ3v) is 3.72. The summed E-state index contributed by atoms with van der Waals surface area (Å²) >= 11 is 0. The number of hydrogen-bond donors (Lipinski definition) is 2. The molecule has 0 aliphatic heterocycles. The molecule has 0 spiro atoms. The number of likely N-dealkylation sites (N-methyl/N-ethyl adjacent to an activating group) is 1. The first-order chi connectivity index (χ1) is 12.8. The van der Waals surface area contributed by atoms with Crippen molar-refractivity contribution >= 4 is 11.6 Å². The van der Waals surface area contributed by atoms with Gasteiger partial charge in [0.05, 0.1) is 12.1 Å². The van der Waals surface area contributed by atoms with E-state index < -0.39 is 17.8 Å². The highest BCUT2D eigenvalue weighted by molar-refractivity contribution is 5.81. The van der Waals surface area contributed by atoms with Gasteiger partial charge in [0.2, 0.25) is 5.91 Å². The Morgan fingerprint density at radius 2 is 1.89 bits per heavy atom. The van der Waals surface area contributed by atoms with Crippen molar-refractivity contribution in [2.45, 2.75) is 12.3 Å². The van der Waals surface area contributed by atoms with Crippen molar-refractivity contribution in [2.24, 2.45) is 0 Å². The number of carbonyl (C=O) groups excluding carboxylic acids is 1. The van der Waals surface area contributed by atoms with Gasteiger partial charge in [-0.25, -0.2) is 0 Å². The molecule has 1 unspecified atom stereocenters. The lowest BCUT2D eigenvalue weighted by atomic mass is 10.2. The molecular formula is C19H21F3N2O3. The number of hydrogen-bond acceptors (Lipinski definition) is 4. The summed E-state index contributed by atoms with van der Waals surface area (Å²) in [5, 5.41) is 12.4. The van der Waals surface area contributed by atoms with Gasteiger partial charge in [-0.05, 0) is 30.3 Å². The first kappa shape index (κ1) is 20.6. The van der Waals surface area contributed by atoms with E-state index >= 15 is 0 Å². The molecule has 146 valence electrons. The molecule has 0 radical (unpaired) electrons. The van der Waals surface area contributed by atoms with Gasteiger partial charge in [0, 0.05) is 19.3 Å². The first-order valence-corrected chi connectivity index (χ1v) is 8.26. The summed E-state index contributed by atoms with van der Waals surface area (Å²) in [5.74, 6) is -0.293. The normalized spacial score (nSPS) is 12.3. The van der Waals surface area contributed by atoms with Crippen LogP contribution in [0.3, 0.4) is 0 Å². The van der Waals surface area contributed by atoms with Crippen LogP contribution < -0.4 is 15.0 Å². The number of benzene rings is 2. The van der Waals surface area contributed by atoms with Crippen molar-refractivity contribution in [2.75, 3.05) is 31.6 Å². The second-order valence-electron chi connectivity index (χ2n) is 5.99. The van der Waals surface area contributed by atoms with Crippen LogP contribution in [-0.2, 0) is 11.0 Å². The summed E-state index contributed by atoms with van der Waals surface area (Å²) in [6.07, 6.45) is -5.51. The maximum Gasteiger partial charge on any atom is 0.416 e. The van der Waals surface area contributed by atoms with E-state index in [9.17, 15) is 23.1 Å². The van der Waals surface area contributed by atoms with Crippen LogP contribution in [0.2, 0.25) is 0 Å². The van der Waals surface area contributed by atoms with Crippen molar-refractivity contribution < 1.29 is 27.8 Å². The average Bonchev–Trinajstić information content (AvgIpc) is 2.65. The summed E-state index contributed by atoms with van der Waals surface area (Å²) in [6, 6.07) is 13.7. The number of carbonyl (C=O) groups is 1. The lowest BCUT2D eigenvalue weighted by Gasteiger charge is -2.19. The van der Waals surface area contributed by atoms with Crippen LogP contribution >= 0.6 is 0 Å². The number of alkyl halides is 3. The van der Waals surface area contributed by atoms with Crippen molar-refractivity contribution in [3.63, 3.8) is 0 Å². The lowest BCUT2D eigenvalue weighted by Crippen LogP contribution is -2.40. The fraction of sp³-hybridized carbons (Fsp3) is 0.316. The molecule has 0 bridgehead atoms. The van der Waals surface area contributed by atoms with Crippen LogP contribution in [0, 0.1) is 0 Å². The SMILES string of the molecule is CN(CC(=O)NCC(O)COc1cccc(C(F)(F)F)c1)c1ccccc1. The molecule has 8 heteroatoms. The Labute approximate surface area is 155 Å². The number of aliphatic hydroxyl groups excluding tert-OH is 1. The Bertz CT molecular complexity index is 738. The smallest absolute Gasteiger partial charge is 0.416 e. The molecule has 2 N–H and O–H groups in total. The van der Waals surface area contributed by atoms with Crippen molar-refractivity contribution in [1.82, 2.24) is 5.32 Å². The largest absolute Gasteiger partial charge is 0.491 e. The molecule has 0 aromatic heterocycles. The third kappa shape index (κ3) is 6.82. The topological polar surface area (TPSA) is 61.8 Å². The number of nitrogens with one attached hydrogen (secondary N) is 1. The average molecular weight is 382 g/mol. The Morgan fingerprint density at radius 1 is 1.19 bits per heavy atom. The van der Waals surface area contributed by atoms with Gasteiger partial charge in [-0.3, -0.25) is 4.79 Å². The van der Waals surface area contributed by atoms with E-state index in [1.807, 2.05) is 30.3 Å². The summed E-state index contributed by atoms with van der Waals surface area (Å²) < 4.78 is 43.1. The molecule has 5 nitrogen and oxygen atoms in total. The van der Waals surface area contributed by atoms with Crippen LogP contribution in [-0.4, -0.2) is 43.9 Å². The van der Waals surface area contributed by atoms with Gasteiger partial charge in [0.1, 0.15) is 18.5 Å². The number of halogens is 3. The molecular weight excluding hydrogens is 361 g/mol. The lowest BCUT2D eigenvalue weighted by molar-refractivity contribution is -0.137. The van der Waals surface area contributed by atoms with E-state index in [0.29, 0.717) is 0 Å². The zero-order valence-corrected chi connectivity index (χ0v) is 14.7. The number of ether oxygens (including phenoxy) is 1. The molecule has 2 rings (SSSR count). The van der Waals surface area contributed by atoms with Gasteiger partial charge in [0.25, 0.3) is 0 Å². The molecule has 0 saturated heterocycles. The summed E-state index contributed by atoms with van der Waals surface area (Å²) in [7, 11) is 1.77. The van der Waals surface area contributed by atoms with Gasteiger partial charge < -0.3 is 20.1 Å². The summed E-state index contributed by atoms with van der Waals surface area (Å²) in [6.45, 7) is -0.207. The number of aliphatic hydroxyl groups is 1. The highest BCUT2D eigenvalue weighted by Crippen LogP contribution is 2.31. The minimum atomic E-state index is -4.46. The Balaban J connectivity index is 1.74. The Kier molecular flexibility index (Phi) is 7.06. The number of para-hydroxylation sites is 1. The van der Waals surface area contributed by atoms with E-state index in [1.54, 1.807) is 11.9 Å². The molecule has 0 saturated carbocycles. The molecule has 1 atom stereocenters. The van der Waals surface area contributed by atoms with Crippen LogP contribution in [0.1, 0.15) is 5.56 Å². The highest BCUT2D eigenvalue weighted by Gasteiger charge is 2.30. The standard InChI is InChI=1S/C19H21F3N2O3/c1-24(15-7-3-2-4-8-15)12-18(26)23-11-16(25)13-27-17-9-5-6-14(10-17)19(20,21)22/h2-10,16,25H,11-13H2,1H3,(H,23,26). The fourth-order valence-corrected chi connectivity index (χ4v) is 2.29. The van der Waals surface area contributed by atoms with Crippen molar-refractivity contribution in [1.29, 1.82) is 0 Å². The molecule has 1 amide bonds. The Morgan fingerprint density at radius 3 is 2.56 bits per heavy atom. The van der Waals surface area contributed by atoms with E-state index in [2.05, 4.69) is 5.32 Å². The first-order valence-electron chi connectivity index (χ1n) is 8.26. The van der Waals surface area contributed by atoms with E-state index in [-0.39, 0.29) is 31.4 Å². The predicted molar refractivity (Wildman–Crippen MR) is 95.7 cm³/mol. The van der Waals surface area contributed by atoms with Gasteiger partial charge in [-0.1, -0.05) is 24.3 Å². The molecule has 27 heavy (non-hydrogen) atoms. The van der Waals surface area contributed by atoms with E-state index in [0.717, 1.165) is 17.8 Å². The van der Waals surface area contributed by atoms with Crippen LogP contribution in [0.4, 0.5) is 18.9 Å². The number of rotatable bonds is 8. The minimum Gasteiger partial charge on any atom is -0.491 e. The van der Waals surface area contributed by atoms with Gasteiger partial charge in [-0.15, -0.1) is 0 Å². The van der Waals surface area contributed by atoms with E-state index in [1.165, 1.54) is 12.1 Å². The van der Waals surface area contributed by atoms with Gasteiger partial charge >= 0.3 is 6.18 Å². The van der Waals surface area contributed by atoms with Gasteiger partial charge in [-0.2, -0.15) is 13.2 Å². The van der Waals surface area contributed by atoms with Crippen LogP contribution in [0.15, 0.2) is 54.6 Å². The highest BCUT2D eigenvalue weighted by atomic mass is 19.4. The maximum atomic E-state index is 12.6. The second-order valence-corrected chi connectivity index (χ2v) is 5.99. The zero-order chi connectivity index (χ0) is 19.9. The minimum absolute atomic E-state index is 0.000914. The van der Waals surface area contributed by atoms with E-state index in [4.69, 9.17) is 4.74 Å². The number of amides is 1. The zero-order valence-electron chi connectivity index (χ0n) is 14.7. The van der Waals surface area contributed by atoms with Crippen LogP contribution in [0.5, 0.6) is 5.75 Å². The second kappa shape index (κ2) is 9.27. The molecule has 2 aromatic carbocycles. The maximum absolute atomic E-state index is 12.6.